The molecule has 1 rings (SSSR count). The van der Waals surface area contributed by atoms with Crippen LogP contribution in [0.1, 0.15) is 10.4 Å². The van der Waals surface area contributed by atoms with Crippen LogP contribution in [0.25, 0.3) is 0 Å². The van der Waals surface area contributed by atoms with E-state index in [9.17, 15) is 4.79 Å². The zero-order valence-corrected chi connectivity index (χ0v) is 7.82. The van der Waals surface area contributed by atoms with Crippen molar-refractivity contribution in [2.24, 2.45) is 0 Å². The van der Waals surface area contributed by atoms with Gasteiger partial charge in [-0.1, -0.05) is 17.7 Å². The Morgan fingerprint density at radius 1 is 1.50 bits per heavy atom. The van der Waals surface area contributed by atoms with Crippen LogP contribution < -0.4 is 4.74 Å². The summed E-state index contributed by atoms with van der Waals surface area (Å²) in [6, 6.07) is 4.82. The molecule has 1 aromatic carbocycles. The second-order valence-electron chi connectivity index (χ2n) is 2.09. The zero-order valence-electron chi connectivity index (χ0n) is 6.30. The molecule has 12 heavy (non-hydrogen) atoms. The number of ether oxygens (including phenoxy) is 1. The number of carbonyl (C=O) groups is 1. The molecular formula is C8H6Cl2O2. The molecule has 0 saturated heterocycles. The van der Waals surface area contributed by atoms with Crippen molar-refractivity contribution < 1.29 is 9.53 Å². The van der Waals surface area contributed by atoms with Crippen molar-refractivity contribution in [1.29, 1.82) is 0 Å². The molecule has 0 aliphatic rings. The second-order valence-corrected chi connectivity index (χ2v) is 2.84. The normalized spacial score (nSPS) is 9.58. The van der Waals surface area contributed by atoms with Crippen molar-refractivity contribution >= 4 is 28.4 Å². The van der Waals surface area contributed by atoms with E-state index in [1.807, 2.05) is 0 Å². The summed E-state index contributed by atoms with van der Waals surface area (Å²) in [4.78, 5) is 10.8. The Kier molecular flexibility index (Phi) is 2.95. The SMILES string of the molecule is COc1c(Cl)cccc1C(=O)Cl. The van der Waals surface area contributed by atoms with Gasteiger partial charge in [-0.25, -0.2) is 0 Å². The fraction of sp³-hybridized carbons (Fsp3) is 0.125. The molecule has 0 saturated carbocycles. The number of carbonyl (C=O) groups excluding carboxylic acids is 1. The Hall–Kier alpha value is -0.730. The number of methoxy groups -OCH3 is 1. The second kappa shape index (κ2) is 3.78. The predicted octanol–water partition coefficient (Wildman–Crippen LogP) is 2.73. The lowest BCUT2D eigenvalue weighted by molar-refractivity contribution is 0.107. The van der Waals surface area contributed by atoms with Crippen LogP contribution in [0.3, 0.4) is 0 Å². The van der Waals surface area contributed by atoms with Crippen molar-refractivity contribution in [2.75, 3.05) is 7.11 Å². The first kappa shape index (κ1) is 9.36. The van der Waals surface area contributed by atoms with Crippen LogP contribution in [0, 0.1) is 0 Å². The number of hydrogen-bond acceptors (Lipinski definition) is 2. The van der Waals surface area contributed by atoms with Gasteiger partial charge in [-0.2, -0.15) is 0 Å². The molecule has 0 amide bonds. The Balaban J connectivity index is 3.27. The molecule has 0 heterocycles. The predicted molar refractivity (Wildman–Crippen MR) is 48.2 cm³/mol. The standard InChI is InChI=1S/C8H6Cl2O2/c1-12-7-5(8(10)11)3-2-4-6(7)9/h2-4H,1H3. The van der Waals surface area contributed by atoms with Crippen LogP contribution >= 0.6 is 23.2 Å². The van der Waals surface area contributed by atoms with Crippen molar-refractivity contribution in [3.05, 3.63) is 28.8 Å². The lowest BCUT2D eigenvalue weighted by atomic mass is 10.2. The molecule has 0 unspecified atom stereocenters. The van der Waals surface area contributed by atoms with Gasteiger partial charge in [0.1, 0.15) is 5.75 Å². The van der Waals surface area contributed by atoms with Crippen LogP contribution in [0.15, 0.2) is 18.2 Å². The summed E-state index contributed by atoms with van der Waals surface area (Å²) >= 11 is 11.0. The number of para-hydroxylation sites is 1. The Morgan fingerprint density at radius 3 is 2.58 bits per heavy atom. The molecule has 0 atom stereocenters. The fourth-order valence-electron chi connectivity index (χ4n) is 0.871. The van der Waals surface area contributed by atoms with Crippen LogP contribution in [0.4, 0.5) is 0 Å². The van der Waals surface area contributed by atoms with Gasteiger partial charge < -0.3 is 4.74 Å². The molecule has 0 N–H and O–H groups in total. The smallest absolute Gasteiger partial charge is 0.256 e. The zero-order chi connectivity index (χ0) is 9.14. The highest BCUT2D eigenvalue weighted by Crippen LogP contribution is 2.28. The summed E-state index contributed by atoms with van der Waals surface area (Å²) in [6.45, 7) is 0. The highest BCUT2D eigenvalue weighted by Gasteiger charge is 2.11. The molecule has 0 spiro atoms. The van der Waals surface area contributed by atoms with Crippen LogP contribution in [-0.4, -0.2) is 12.4 Å². The van der Waals surface area contributed by atoms with E-state index in [0.29, 0.717) is 10.8 Å². The average molecular weight is 205 g/mol. The minimum Gasteiger partial charge on any atom is -0.494 e. The van der Waals surface area contributed by atoms with Crippen LogP contribution in [-0.2, 0) is 0 Å². The molecule has 2 nitrogen and oxygen atoms in total. The lowest BCUT2D eigenvalue weighted by Gasteiger charge is -2.05. The summed E-state index contributed by atoms with van der Waals surface area (Å²) < 4.78 is 4.90. The molecule has 1 aromatic rings. The third-order valence-corrected chi connectivity index (χ3v) is 1.88. The molecule has 0 aromatic heterocycles. The van der Waals surface area contributed by atoms with E-state index in [0.717, 1.165) is 0 Å². The maximum absolute atomic E-state index is 10.8. The molecule has 0 aliphatic carbocycles. The monoisotopic (exact) mass is 204 g/mol. The van der Waals surface area contributed by atoms with Crippen molar-refractivity contribution in [3.63, 3.8) is 0 Å². The van der Waals surface area contributed by atoms with Gasteiger partial charge in [-0.05, 0) is 23.7 Å². The van der Waals surface area contributed by atoms with E-state index in [1.54, 1.807) is 18.2 Å². The third kappa shape index (κ3) is 1.71. The maximum atomic E-state index is 10.8. The van der Waals surface area contributed by atoms with Crippen molar-refractivity contribution in [2.45, 2.75) is 0 Å². The van der Waals surface area contributed by atoms with Gasteiger partial charge in [-0.3, -0.25) is 4.79 Å². The highest BCUT2D eigenvalue weighted by atomic mass is 35.5. The Bertz CT molecular complexity index is 310. The first-order chi connectivity index (χ1) is 5.66. The third-order valence-electron chi connectivity index (χ3n) is 1.38. The van der Waals surface area contributed by atoms with Gasteiger partial charge in [0.2, 0.25) is 0 Å². The fourth-order valence-corrected chi connectivity index (χ4v) is 1.27. The summed E-state index contributed by atoms with van der Waals surface area (Å²) in [5.74, 6) is 0.319. The summed E-state index contributed by atoms with van der Waals surface area (Å²) in [7, 11) is 1.44. The van der Waals surface area contributed by atoms with Crippen LogP contribution in [0.2, 0.25) is 5.02 Å². The van der Waals surface area contributed by atoms with E-state index in [4.69, 9.17) is 27.9 Å². The van der Waals surface area contributed by atoms with Gasteiger partial charge in [0, 0.05) is 0 Å². The molecule has 0 fully saturated rings. The summed E-state index contributed by atoms with van der Waals surface area (Å²) in [5, 5.41) is -0.196. The van der Waals surface area contributed by atoms with E-state index in [2.05, 4.69) is 0 Å². The number of halogens is 2. The van der Waals surface area contributed by atoms with E-state index in [-0.39, 0.29) is 5.56 Å². The van der Waals surface area contributed by atoms with Gasteiger partial charge in [0.25, 0.3) is 5.24 Å². The van der Waals surface area contributed by atoms with Gasteiger partial charge >= 0.3 is 0 Å². The topological polar surface area (TPSA) is 26.3 Å². The minimum absolute atomic E-state index is 0.284. The van der Waals surface area contributed by atoms with Gasteiger partial charge in [-0.15, -0.1) is 0 Å². The molecule has 0 radical (unpaired) electrons. The van der Waals surface area contributed by atoms with Gasteiger partial charge in [0.15, 0.2) is 0 Å². The number of benzene rings is 1. The summed E-state index contributed by atoms with van der Waals surface area (Å²) in [5.41, 5.74) is 0.284. The number of hydrogen-bond donors (Lipinski definition) is 0. The quantitative estimate of drug-likeness (QED) is 0.693. The van der Waals surface area contributed by atoms with Crippen molar-refractivity contribution in [3.8, 4) is 5.75 Å². The van der Waals surface area contributed by atoms with Crippen LogP contribution in [0.5, 0.6) is 5.75 Å². The minimum atomic E-state index is -0.575. The Labute approximate surface area is 80.0 Å². The highest BCUT2D eigenvalue weighted by molar-refractivity contribution is 6.68. The average Bonchev–Trinajstić information content (AvgIpc) is 2.03. The molecule has 0 bridgehead atoms. The molecular weight excluding hydrogens is 199 g/mol. The van der Waals surface area contributed by atoms with E-state index in [1.165, 1.54) is 7.11 Å². The maximum Gasteiger partial charge on any atom is 0.256 e. The van der Waals surface area contributed by atoms with Gasteiger partial charge in [0.05, 0.1) is 17.7 Å². The van der Waals surface area contributed by atoms with E-state index < -0.39 is 5.24 Å². The summed E-state index contributed by atoms with van der Waals surface area (Å²) in [6.07, 6.45) is 0. The largest absolute Gasteiger partial charge is 0.494 e. The Morgan fingerprint density at radius 2 is 2.17 bits per heavy atom. The molecule has 0 aliphatic heterocycles. The first-order valence-corrected chi connectivity index (χ1v) is 3.94. The van der Waals surface area contributed by atoms with Crippen molar-refractivity contribution in [1.82, 2.24) is 0 Å². The number of rotatable bonds is 2. The molecule has 4 heteroatoms. The lowest BCUT2D eigenvalue weighted by Crippen LogP contribution is -1.95. The van der Waals surface area contributed by atoms with E-state index >= 15 is 0 Å². The molecule has 64 valence electrons. The first-order valence-electron chi connectivity index (χ1n) is 3.19.